The highest BCUT2D eigenvalue weighted by Crippen LogP contribution is 2.30. The number of alkyl halides is 3. The van der Waals surface area contributed by atoms with Crippen molar-refractivity contribution in [2.75, 3.05) is 0 Å². The summed E-state index contributed by atoms with van der Waals surface area (Å²) in [4.78, 5) is 12.8. The minimum atomic E-state index is -4.46. The summed E-state index contributed by atoms with van der Waals surface area (Å²) in [6.45, 7) is 1.89. The Morgan fingerprint density at radius 3 is 2.32 bits per heavy atom. The molecule has 1 heterocycles. The highest BCUT2D eigenvalue weighted by atomic mass is 79.9. The number of nitrogens with zero attached hydrogens (tertiary/aromatic N) is 2. The molecule has 130 valence electrons. The molecule has 0 aliphatic rings. The molecular formula is C18H14BrF3N2O. The van der Waals surface area contributed by atoms with Crippen LogP contribution in [0.1, 0.15) is 18.2 Å². The van der Waals surface area contributed by atoms with Crippen LogP contribution in [0.15, 0.2) is 64.0 Å². The van der Waals surface area contributed by atoms with Gasteiger partial charge >= 0.3 is 11.9 Å². The largest absolute Gasteiger partial charge is 0.416 e. The number of halogens is 4. The van der Waals surface area contributed by atoms with Gasteiger partial charge in [0.25, 0.3) is 0 Å². The van der Waals surface area contributed by atoms with Gasteiger partial charge in [-0.2, -0.15) is 13.2 Å². The topological polar surface area (TPSA) is 26.9 Å². The van der Waals surface area contributed by atoms with Crippen LogP contribution in [0.3, 0.4) is 0 Å². The molecule has 2 aromatic carbocycles. The minimum absolute atomic E-state index is 0.186. The Hall–Kier alpha value is -2.28. The van der Waals surface area contributed by atoms with E-state index in [2.05, 4.69) is 15.9 Å². The molecule has 0 fully saturated rings. The van der Waals surface area contributed by atoms with Crippen molar-refractivity contribution >= 4 is 15.9 Å². The molecule has 0 N–H and O–H groups in total. The van der Waals surface area contributed by atoms with Crippen LogP contribution in [0.25, 0.3) is 11.4 Å². The molecule has 0 amide bonds. The summed E-state index contributed by atoms with van der Waals surface area (Å²) in [5.74, 6) is 0. The fraction of sp³-hybridized carbons (Fsp3) is 0.167. The predicted molar refractivity (Wildman–Crippen MR) is 93.4 cm³/mol. The Balaban J connectivity index is 2.17. The molecule has 3 nitrogen and oxygen atoms in total. The molecule has 0 spiro atoms. The van der Waals surface area contributed by atoms with Crippen LogP contribution >= 0.6 is 15.9 Å². The van der Waals surface area contributed by atoms with Crippen LogP contribution < -0.4 is 5.69 Å². The summed E-state index contributed by atoms with van der Waals surface area (Å²) in [6.07, 6.45) is -2.31. The Kier molecular flexibility index (Phi) is 4.60. The average molecular weight is 411 g/mol. The fourth-order valence-corrected chi connectivity index (χ4v) is 2.89. The Morgan fingerprint density at radius 2 is 1.72 bits per heavy atom. The Morgan fingerprint density at radius 1 is 1.04 bits per heavy atom. The van der Waals surface area contributed by atoms with E-state index in [1.54, 1.807) is 18.3 Å². The van der Waals surface area contributed by atoms with Crippen LogP contribution in [0, 0.1) is 0 Å². The van der Waals surface area contributed by atoms with Crippen molar-refractivity contribution in [2.24, 2.45) is 0 Å². The highest BCUT2D eigenvalue weighted by Gasteiger charge is 2.30. The minimum Gasteiger partial charge on any atom is -0.267 e. The molecule has 0 bridgehead atoms. The second kappa shape index (κ2) is 6.55. The summed E-state index contributed by atoms with van der Waals surface area (Å²) >= 11 is 3.34. The first-order chi connectivity index (χ1) is 11.8. The zero-order valence-corrected chi connectivity index (χ0v) is 14.8. The molecule has 25 heavy (non-hydrogen) atoms. The van der Waals surface area contributed by atoms with Gasteiger partial charge in [-0.3, -0.25) is 9.13 Å². The zero-order valence-electron chi connectivity index (χ0n) is 13.2. The fourth-order valence-electron chi connectivity index (χ4n) is 2.63. The third kappa shape index (κ3) is 3.42. The number of aromatic nitrogens is 2. The third-order valence-electron chi connectivity index (χ3n) is 3.86. The third-order valence-corrected chi connectivity index (χ3v) is 4.39. The first-order valence-corrected chi connectivity index (χ1v) is 8.37. The van der Waals surface area contributed by atoms with Crippen molar-refractivity contribution < 1.29 is 13.2 Å². The van der Waals surface area contributed by atoms with E-state index in [1.807, 2.05) is 19.1 Å². The van der Waals surface area contributed by atoms with Crippen LogP contribution in [0.4, 0.5) is 13.2 Å². The van der Waals surface area contributed by atoms with Crippen molar-refractivity contribution in [2.45, 2.75) is 19.5 Å². The van der Waals surface area contributed by atoms with Gasteiger partial charge in [-0.15, -0.1) is 0 Å². The summed E-state index contributed by atoms with van der Waals surface area (Å²) < 4.78 is 42.4. The molecule has 7 heteroatoms. The van der Waals surface area contributed by atoms with Gasteiger partial charge in [0.1, 0.15) is 0 Å². The lowest BCUT2D eigenvalue weighted by atomic mass is 10.2. The average Bonchev–Trinajstić information content (AvgIpc) is 2.92. The number of imidazole rings is 1. The lowest BCUT2D eigenvalue weighted by Crippen LogP contribution is -2.23. The van der Waals surface area contributed by atoms with Crippen LogP contribution in [-0.2, 0) is 12.6 Å². The van der Waals surface area contributed by atoms with E-state index in [9.17, 15) is 18.0 Å². The second-order valence-electron chi connectivity index (χ2n) is 5.49. The molecule has 1 aromatic heterocycles. The number of aryl methyl sites for hydroxylation is 1. The lowest BCUT2D eigenvalue weighted by molar-refractivity contribution is -0.137. The molecule has 3 rings (SSSR count). The maximum atomic E-state index is 12.9. The van der Waals surface area contributed by atoms with E-state index in [0.29, 0.717) is 17.8 Å². The quantitative estimate of drug-likeness (QED) is 0.598. The van der Waals surface area contributed by atoms with Crippen molar-refractivity contribution in [1.82, 2.24) is 9.13 Å². The first kappa shape index (κ1) is 17.5. The van der Waals surface area contributed by atoms with Gasteiger partial charge in [0.15, 0.2) is 0 Å². The van der Waals surface area contributed by atoms with Crippen LogP contribution in [0.2, 0.25) is 0 Å². The van der Waals surface area contributed by atoms with E-state index in [4.69, 9.17) is 0 Å². The van der Waals surface area contributed by atoms with Gasteiger partial charge < -0.3 is 0 Å². The molecule has 3 aromatic rings. The first-order valence-electron chi connectivity index (χ1n) is 7.58. The molecule has 0 saturated heterocycles. The van der Waals surface area contributed by atoms with Gasteiger partial charge in [0.2, 0.25) is 0 Å². The SMILES string of the molecule is CCc1cn(-c2cccc(C(F)(F)F)c2)c(=O)n1-c1ccc(Br)cc1. The predicted octanol–water partition coefficient (Wildman–Crippen LogP) is 4.97. The van der Waals surface area contributed by atoms with Gasteiger partial charge in [-0.25, -0.2) is 4.79 Å². The molecular weight excluding hydrogens is 397 g/mol. The number of benzene rings is 2. The van der Waals surface area contributed by atoms with Crippen LogP contribution in [-0.4, -0.2) is 9.13 Å². The van der Waals surface area contributed by atoms with Gasteiger partial charge in [-0.1, -0.05) is 28.9 Å². The zero-order chi connectivity index (χ0) is 18.2. The van der Waals surface area contributed by atoms with Gasteiger partial charge in [-0.05, 0) is 48.9 Å². The van der Waals surface area contributed by atoms with E-state index in [1.165, 1.54) is 21.3 Å². The highest BCUT2D eigenvalue weighted by molar-refractivity contribution is 9.10. The van der Waals surface area contributed by atoms with Gasteiger partial charge in [0.05, 0.1) is 16.9 Å². The Bertz CT molecular complexity index is 956. The maximum Gasteiger partial charge on any atom is 0.416 e. The van der Waals surface area contributed by atoms with Crippen molar-refractivity contribution in [3.05, 3.63) is 80.9 Å². The molecule has 0 radical (unpaired) electrons. The molecule has 0 atom stereocenters. The standard InChI is InChI=1S/C18H14BrF3N2O/c1-2-14-11-23(16-5-3-4-12(10-16)18(20,21)22)17(25)24(14)15-8-6-13(19)7-9-15/h3-11H,2H2,1H3. The summed E-state index contributed by atoms with van der Waals surface area (Å²) in [7, 11) is 0. The molecule has 0 aliphatic heterocycles. The van der Waals surface area contributed by atoms with E-state index in [0.717, 1.165) is 16.6 Å². The monoisotopic (exact) mass is 410 g/mol. The van der Waals surface area contributed by atoms with E-state index < -0.39 is 17.4 Å². The van der Waals surface area contributed by atoms with E-state index >= 15 is 0 Å². The van der Waals surface area contributed by atoms with E-state index in [-0.39, 0.29) is 5.69 Å². The molecule has 0 unspecified atom stereocenters. The van der Waals surface area contributed by atoms with Crippen LogP contribution in [0.5, 0.6) is 0 Å². The number of hydrogen-bond acceptors (Lipinski definition) is 1. The molecule has 0 aliphatic carbocycles. The second-order valence-corrected chi connectivity index (χ2v) is 6.40. The van der Waals surface area contributed by atoms with Crippen molar-refractivity contribution in [3.8, 4) is 11.4 Å². The lowest BCUT2D eigenvalue weighted by Gasteiger charge is -2.08. The Labute approximate surface area is 150 Å². The summed E-state index contributed by atoms with van der Waals surface area (Å²) in [6, 6.07) is 11.9. The molecule has 0 saturated carbocycles. The summed E-state index contributed by atoms with van der Waals surface area (Å²) in [5, 5.41) is 0. The number of rotatable bonds is 3. The van der Waals surface area contributed by atoms with Gasteiger partial charge in [0, 0.05) is 16.4 Å². The smallest absolute Gasteiger partial charge is 0.267 e. The summed E-state index contributed by atoms with van der Waals surface area (Å²) in [5.41, 5.74) is 0.371. The maximum absolute atomic E-state index is 12.9. The normalized spacial score (nSPS) is 11.7. The number of hydrogen-bond donors (Lipinski definition) is 0. The van der Waals surface area contributed by atoms with Crippen molar-refractivity contribution in [3.63, 3.8) is 0 Å². The van der Waals surface area contributed by atoms with Crippen molar-refractivity contribution in [1.29, 1.82) is 0 Å².